The molecule has 7 nitrogen and oxygen atoms in total. The number of nitrogens with zero attached hydrogens (tertiary/aromatic N) is 5. The van der Waals surface area contributed by atoms with E-state index in [2.05, 4.69) is 14.9 Å². The predicted molar refractivity (Wildman–Crippen MR) is 116 cm³/mol. The standard InChI is InChI=1S/C22H22ClN5O2/c1-2-30-18-5-3-16(4-6-18)19-8-10-25-22(26-19)28-13-11-27(12-14-28)21(29)17-7-9-24-20(23)15-17/h3-10,15H,2,11-14H2,1H3. The second-order valence-electron chi connectivity index (χ2n) is 6.85. The highest BCUT2D eigenvalue weighted by Gasteiger charge is 2.24. The first-order chi connectivity index (χ1) is 14.6. The topological polar surface area (TPSA) is 71.5 Å². The fraction of sp³-hybridized carbons (Fsp3) is 0.273. The van der Waals surface area contributed by atoms with Crippen molar-refractivity contribution >= 4 is 23.5 Å². The van der Waals surface area contributed by atoms with E-state index < -0.39 is 0 Å². The maximum Gasteiger partial charge on any atom is 0.254 e. The quantitative estimate of drug-likeness (QED) is 0.584. The van der Waals surface area contributed by atoms with Gasteiger partial charge in [-0.05, 0) is 49.4 Å². The normalized spacial score (nSPS) is 13.9. The summed E-state index contributed by atoms with van der Waals surface area (Å²) >= 11 is 5.91. The van der Waals surface area contributed by atoms with E-state index in [0.717, 1.165) is 17.0 Å². The van der Waals surface area contributed by atoms with Crippen molar-refractivity contribution in [1.82, 2.24) is 19.9 Å². The molecule has 0 bridgehead atoms. The van der Waals surface area contributed by atoms with Crippen molar-refractivity contribution in [3.63, 3.8) is 0 Å². The Morgan fingerprint density at radius 1 is 1.03 bits per heavy atom. The summed E-state index contributed by atoms with van der Waals surface area (Å²) in [6.45, 7) is 5.11. The molecule has 0 unspecified atom stereocenters. The van der Waals surface area contributed by atoms with E-state index in [9.17, 15) is 4.79 Å². The number of hydrogen-bond acceptors (Lipinski definition) is 6. The van der Waals surface area contributed by atoms with E-state index in [4.69, 9.17) is 21.3 Å². The van der Waals surface area contributed by atoms with E-state index >= 15 is 0 Å². The van der Waals surface area contributed by atoms with Gasteiger partial charge in [0.05, 0.1) is 12.3 Å². The number of carbonyl (C=O) groups excluding carboxylic acids is 1. The minimum absolute atomic E-state index is 0.0389. The van der Waals surface area contributed by atoms with Crippen LogP contribution < -0.4 is 9.64 Å². The molecule has 0 radical (unpaired) electrons. The first-order valence-corrected chi connectivity index (χ1v) is 10.2. The molecule has 1 aliphatic heterocycles. The number of rotatable bonds is 5. The first kappa shape index (κ1) is 20.1. The zero-order valence-corrected chi connectivity index (χ0v) is 17.4. The molecule has 0 N–H and O–H groups in total. The molecule has 1 aliphatic rings. The Morgan fingerprint density at radius 3 is 2.47 bits per heavy atom. The summed E-state index contributed by atoms with van der Waals surface area (Å²) < 4.78 is 5.50. The van der Waals surface area contributed by atoms with Crippen LogP contribution in [0.25, 0.3) is 11.3 Å². The molecule has 1 aromatic carbocycles. The van der Waals surface area contributed by atoms with Crippen LogP contribution in [0.5, 0.6) is 5.75 Å². The smallest absolute Gasteiger partial charge is 0.254 e. The third-order valence-corrected chi connectivity index (χ3v) is 5.13. The van der Waals surface area contributed by atoms with Crippen LogP contribution in [-0.4, -0.2) is 58.5 Å². The highest BCUT2D eigenvalue weighted by molar-refractivity contribution is 6.29. The lowest BCUT2D eigenvalue weighted by Crippen LogP contribution is -2.49. The Bertz CT molecular complexity index is 1020. The molecule has 1 fully saturated rings. The van der Waals surface area contributed by atoms with E-state index in [1.54, 1.807) is 24.5 Å². The van der Waals surface area contributed by atoms with Crippen molar-refractivity contribution in [3.05, 3.63) is 65.6 Å². The third-order valence-electron chi connectivity index (χ3n) is 4.93. The maximum absolute atomic E-state index is 12.7. The van der Waals surface area contributed by atoms with Crippen LogP contribution in [0.3, 0.4) is 0 Å². The molecular weight excluding hydrogens is 402 g/mol. The van der Waals surface area contributed by atoms with Crippen LogP contribution >= 0.6 is 11.6 Å². The molecule has 3 aromatic rings. The van der Waals surface area contributed by atoms with Crippen molar-refractivity contribution in [1.29, 1.82) is 0 Å². The predicted octanol–water partition coefficient (Wildman–Crippen LogP) is 3.55. The van der Waals surface area contributed by atoms with Gasteiger partial charge in [-0.3, -0.25) is 4.79 Å². The van der Waals surface area contributed by atoms with Gasteiger partial charge in [0, 0.05) is 49.7 Å². The second kappa shape index (κ2) is 9.09. The Morgan fingerprint density at radius 2 is 1.77 bits per heavy atom. The molecule has 30 heavy (non-hydrogen) atoms. The van der Waals surface area contributed by atoms with E-state index in [1.807, 2.05) is 42.2 Å². The van der Waals surface area contributed by atoms with Crippen LogP contribution in [0.4, 0.5) is 5.95 Å². The monoisotopic (exact) mass is 423 g/mol. The van der Waals surface area contributed by atoms with E-state index in [0.29, 0.717) is 49.5 Å². The zero-order valence-electron chi connectivity index (χ0n) is 16.7. The lowest BCUT2D eigenvalue weighted by Gasteiger charge is -2.34. The molecule has 0 saturated carbocycles. The lowest BCUT2D eigenvalue weighted by molar-refractivity contribution is 0.0746. The van der Waals surface area contributed by atoms with Gasteiger partial charge >= 0.3 is 0 Å². The van der Waals surface area contributed by atoms with Crippen molar-refractivity contribution in [2.75, 3.05) is 37.7 Å². The molecule has 8 heteroatoms. The summed E-state index contributed by atoms with van der Waals surface area (Å²) in [5, 5.41) is 0.319. The number of amides is 1. The number of ether oxygens (including phenoxy) is 1. The SMILES string of the molecule is CCOc1ccc(-c2ccnc(N3CCN(C(=O)c4ccnc(Cl)c4)CC3)n2)cc1. The lowest BCUT2D eigenvalue weighted by atomic mass is 10.1. The summed E-state index contributed by atoms with van der Waals surface area (Å²) in [5.74, 6) is 1.47. The van der Waals surface area contributed by atoms with Crippen LogP contribution in [0.2, 0.25) is 5.15 Å². The summed E-state index contributed by atoms with van der Waals surface area (Å²) in [6.07, 6.45) is 3.32. The Kier molecular flexibility index (Phi) is 6.09. The fourth-order valence-electron chi connectivity index (χ4n) is 3.38. The number of halogens is 1. The van der Waals surface area contributed by atoms with Crippen LogP contribution in [0.15, 0.2) is 54.9 Å². The molecule has 154 valence electrons. The zero-order chi connectivity index (χ0) is 20.9. The summed E-state index contributed by atoms with van der Waals surface area (Å²) in [4.78, 5) is 29.7. The molecule has 2 aromatic heterocycles. The van der Waals surface area contributed by atoms with Gasteiger partial charge in [0.2, 0.25) is 5.95 Å². The Hall–Kier alpha value is -3.19. The van der Waals surface area contributed by atoms with Gasteiger partial charge in [-0.1, -0.05) is 11.6 Å². The second-order valence-corrected chi connectivity index (χ2v) is 7.23. The number of benzene rings is 1. The van der Waals surface area contributed by atoms with Crippen molar-refractivity contribution < 1.29 is 9.53 Å². The summed E-state index contributed by atoms with van der Waals surface area (Å²) in [5.41, 5.74) is 2.41. The molecule has 3 heterocycles. The van der Waals surface area contributed by atoms with Crippen molar-refractivity contribution in [2.24, 2.45) is 0 Å². The van der Waals surface area contributed by atoms with Gasteiger partial charge in [-0.15, -0.1) is 0 Å². The number of carbonyl (C=O) groups is 1. The number of hydrogen-bond donors (Lipinski definition) is 0. The van der Waals surface area contributed by atoms with Crippen molar-refractivity contribution in [2.45, 2.75) is 6.92 Å². The highest BCUT2D eigenvalue weighted by Crippen LogP contribution is 2.23. The number of piperazine rings is 1. The van der Waals surface area contributed by atoms with E-state index in [1.165, 1.54) is 0 Å². The average Bonchev–Trinajstić information content (AvgIpc) is 2.79. The van der Waals surface area contributed by atoms with Gasteiger partial charge in [0.25, 0.3) is 5.91 Å². The number of aromatic nitrogens is 3. The molecule has 0 spiro atoms. The van der Waals surface area contributed by atoms with Gasteiger partial charge in [-0.25, -0.2) is 15.0 Å². The third kappa shape index (κ3) is 4.52. The Balaban J connectivity index is 1.42. The number of pyridine rings is 1. The molecular formula is C22H22ClN5O2. The van der Waals surface area contributed by atoms with Crippen molar-refractivity contribution in [3.8, 4) is 17.0 Å². The molecule has 0 aliphatic carbocycles. The van der Waals surface area contributed by atoms with Gasteiger partial charge in [-0.2, -0.15) is 0 Å². The van der Waals surface area contributed by atoms with Gasteiger partial charge in [0.15, 0.2) is 0 Å². The molecule has 4 rings (SSSR count). The van der Waals surface area contributed by atoms with Crippen LogP contribution in [-0.2, 0) is 0 Å². The van der Waals surface area contributed by atoms with Crippen LogP contribution in [0.1, 0.15) is 17.3 Å². The average molecular weight is 424 g/mol. The molecule has 0 atom stereocenters. The highest BCUT2D eigenvalue weighted by atomic mass is 35.5. The minimum Gasteiger partial charge on any atom is -0.494 e. The summed E-state index contributed by atoms with van der Waals surface area (Å²) in [7, 11) is 0. The summed E-state index contributed by atoms with van der Waals surface area (Å²) in [6, 6.07) is 13.0. The Labute approximate surface area is 180 Å². The maximum atomic E-state index is 12.7. The fourth-order valence-corrected chi connectivity index (χ4v) is 3.55. The van der Waals surface area contributed by atoms with E-state index in [-0.39, 0.29) is 5.91 Å². The minimum atomic E-state index is -0.0389. The largest absolute Gasteiger partial charge is 0.494 e. The van der Waals surface area contributed by atoms with Gasteiger partial charge < -0.3 is 14.5 Å². The molecule has 1 amide bonds. The van der Waals surface area contributed by atoms with Crippen LogP contribution in [0, 0.1) is 0 Å². The first-order valence-electron chi connectivity index (χ1n) is 9.86. The number of anilines is 1. The molecule has 1 saturated heterocycles. The van der Waals surface area contributed by atoms with Gasteiger partial charge in [0.1, 0.15) is 10.9 Å².